The van der Waals surface area contributed by atoms with E-state index in [0.717, 1.165) is 5.56 Å². The third kappa shape index (κ3) is 6.75. The number of nitrogens with one attached hydrogen (secondary N) is 2. The van der Waals surface area contributed by atoms with E-state index >= 15 is 0 Å². The Morgan fingerprint density at radius 1 is 1.04 bits per heavy atom. The van der Waals surface area contributed by atoms with E-state index in [0.29, 0.717) is 24.6 Å². The number of carbonyl (C=O) groups excluding carboxylic acids is 2. The number of anilines is 1. The Hall–Kier alpha value is -2.86. The lowest BCUT2D eigenvalue weighted by Gasteiger charge is -2.22. The zero-order valence-corrected chi connectivity index (χ0v) is 15.8. The summed E-state index contributed by atoms with van der Waals surface area (Å²) in [5.41, 5.74) is 6.96. The predicted octanol–water partition coefficient (Wildman–Crippen LogP) is 2.35. The maximum Gasteiger partial charge on any atom is 0.247 e. The van der Waals surface area contributed by atoms with Crippen molar-refractivity contribution in [1.29, 1.82) is 0 Å². The van der Waals surface area contributed by atoms with Gasteiger partial charge in [-0.15, -0.1) is 0 Å². The molecular formula is C21H27N3O3. The van der Waals surface area contributed by atoms with Crippen molar-refractivity contribution in [2.45, 2.75) is 26.3 Å². The van der Waals surface area contributed by atoms with Crippen molar-refractivity contribution in [1.82, 2.24) is 5.32 Å². The Bertz CT molecular complexity index is 730. The average Bonchev–Trinajstić information content (AvgIpc) is 2.66. The van der Waals surface area contributed by atoms with Gasteiger partial charge in [-0.2, -0.15) is 0 Å². The van der Waals surface area contributed by atoms with E-state index in [1.807, 2.05) is 44.2 Å². The van der Waals surface area contributed by atoms with E-state index in [1.165, 1.54) is 0 Å². The minimum atomic E-state index is -0.616. The summed E-state index contributed by atoms with van der Waals surface area (Å²) >= 11 is 0. The van der Waals surface area contributed by atoms with Gasteiger partial charge in [-0.1, -0.05) is 44.2 Å². The number of benzene rings is 2. The van der Waals surface area contributed by atoms with Gasteiger partial charge >= 0.3 is 0 Å². The smallest absolute Gasteiger partial charge is 0.247 e. The lowest BCUT2D eigenvalue weighted by Crippen LogP contribution is -2.47. The van der Waals surface area contributed by atoms with Crippen LogP contribution in [0.15, 0.2) is 54.6 Å². The zero-order valence-electron chi connectivity index (χ0n) is 15.8. The maximum atomic E-state index is 12.6. The number of rotatable bonds is 9. The average molecular weight is 369 g/mol. The van der Waals surface area contributed by atoms with E-state index in [-0.39, 0.29) is 24.2 Å². The minimum absolute atomic E-state index is 0.0446. The highest BCUT2D eigenvalue weighted by atomic mass is 16.5. The first-order chi connectivity index (χ1) is 13.0. The van der Waals surface area contributed by atoms with Crippen molar-refractivity contribution in [3.63, 3.8) is 0 Å². The molecule has 0 spiro atoms. The summed E-state index contributed by atoms with van der Waals surface area (Å²) < 4.78 is 5.42. The molecule has 0 saturated heterocycles. The van der Waals surface area contributed by atoms with Gasteiger partial charge < -0.3 is 21.1 Å². The molecule has 27 heavy (non-hydrogen) atoms. The molecule has 6 heteroatoms. The van der Waals surface area contributed by atoms with Crippen LogP contribution in [0.25, 0.3) is 0 Å². The summed E-state index contributed by atoms with van der Waals surface area (Å²) in [6, 6.07) is 15.9. The van der Waals surface area contributed by atoms with E-state index in [1.54, 1.807) is 24.3 Å². The molecule has 0 aliphatic rings. The van der Waals surface area contributed by atoms with Crippen LogP contribution in [0, 0.1) is 5.92 Å². The van der Waals surface area contributed by atoms with Gasteiger partial charge in [0, 0.05) is 12.2 Å². The fourth-order valence-electron chi connectivity index (χ4n) is 2.57. The second-order valence-electron chi connectivity index (χ2n) is 6.60. The molecule has 4 N–H and O–H groups in total. The van der Waals surface area contributed by atoms with Crippen molar-refractivity contribution in [3.05, 3.63) is 60.2 Å². The van der Waals surface area contributed by atoms with Crippen LogP contribution in [-0.4, -0.2) is 31.0 Å². The summed E-state index contributed by atoms with van der Waals surface area (Å²) in [5, 5.41) is 5.68. The molecule has 0 aliphatic heterocycles. The summed E-state index contributed by atoms with van der Waals surface area (Å²) in [6.07, 6.45) is 0.241. The first-order valence-electron chi connectivity index (χ1n) is 9.06. The molecular weight excluding hydrogens is 342 g/mol. The zero-order chi connectivity index (χ0) is 19.6. The molecule has 144 valence electrons. The fraction of sp³-hybridized carbons (Fsp3) is 0.333. The molecule has 0 fully saturated rings. The number of ether oxygens (including phenoxy) is 1. The number of carbonyl (C=O) groups is 2. The van der Waals surface area contributed by atoms with Crippen LogP contribution in [-0.2, 0) is 16.0 Å². The van der Waals surface area contributed by atoms with Crippen LogP contribution in [0.2, 0.25) is 0 Å². The lowest BCUT2D eigenvalue weighted by molar-refractivity contribution is -0.127. The highest BCUT2D eigenvalue weighted by Gasteiger charge is 2.24. The van der Waals surface area contributed by atoms with Gasteiger partial charge in [-0.05, 0) is 35.7 Å². The fourth-order valence-corrected chi connectivity index (χ4v) is 2.57. The minimum Gasteiger partial charge on any atom is -0.492 e. The van der Waals surface area contributed by atoms with Gasteiger partial charge in [0.05, 0.1) is 6.42 Å². The molecule has 0 aliphatic carbocycles. The Balaban J connectivity index is 1.94. The number of nitrogens with two attached hydrogens (primary N) is 1. The van der Waals surface area contributed by atoms with E-state index in [9.17, 15) is 9.59 Å². The molecule has 0 radical (unpaired) electrons. The Morgan fingerprint density at radius 3 is 2.30 bits per heavy atom. The van der Waals surface area contributed by atoms with Gasteiger partial charge in [0.15, 0.2) is 0 Å². The molecule has 1 unspecified atom stereocenters. The number of hydrogen-bond acceptors (Lipinski definition) is 4. The molecule has 0 heterocycles. The molecule has 2 aromatic carbocycles. The topological polar surface area (TPSA) is 93.5 Å². The van der Waals surface area contributed by atoms with E-state index < -0.39 is 6.04 Å². The monoisotopic (exact) mass is 369 g/mol. The summed E-state index contributed by atoms with van der Waals surface area (Å²) in [5.74, 6) is 0.217. The van der Waals surface area contributed by atoms with Crippen LogP contribution < -0.4 is 21.1 Å². The van der Waals surface area contributed by atoms with Crippen molar-refractivity contribution < 1.29 is 14.3 Å². The van der Waals surface area contributed by atoms with Crippen LogP contribution in [0.5, 0.6) is 5.75 Å². The van der Waals surface area contributed by atoms with Gasteiger partial charge in [0.2, 0.25) is 11.8 Å². The standard InChI is InChI=1S/C21H27N3O3/c1-15(2)20(24-19(25)14-16-6-4-3-5-7-16)21(26)23-17-8-10-18(11-9-17)27-13-12-22/h3-11,15,20H,12-14,22H2,1-2H3,(H,23,26)(H,24,25). The normalized spacial score (nSPS) is 11.7. The summed E-state index contributed by atoms with van der Waals surface area (Å²) in [4.78, 5) is 24.9. The van der Waals surface area contributed by atoms with Gasteiger partial charge in [-0.3, -0.25) is 9.59 Å². The second-order valence-corrected chi connectivity index (χ2v) is 6.60. The molecule has 2 aromatic rings. The quantitative estimate of drug-likeness (QED) is 0.632. The first-order valence-corrected chi connectivity index (χ1v) is 9.06. The number of amides is 2. The Kier molecular flexibility index (Phi) is 7.82. The Morgan fingerprint density at radius 2 is 1.70 bits per heavy atom. The van der Waals surface area contributed by atoms with Crippen molar-refractivity contribution in [3.8, 4) is 5.75 Å². The van der Waals surface area contributed by atoms with Crippen LogP contribution in [0.3, 0.4) is 0 Å². The highest BCUT2D eigenvalue weighted by molar-refractivity contribution is 5.97. The van der Waals surface area contributed by atoms with Crippen LogP contribution >= 0.6 is 0 Å². The van der Waals surface area contributed by atoms with Gasteiger partial charge in [-0.25, -0.2) is 0 Å². The lowest BCUT2D eigenvalue weighted by atomic mass is 10.0. The molecule has 2 amide bonds. The molecule has 1 atom stereocenters. The molecule has 0 saturated carbocycles. The van der Waals surface area contributed by atoms with Crippen LogP contribution in [0.1, 0.15) is 19.4 Å². The third-order valence-corrected chi connectivity index (χ3v) is 3.98. The summed E-state index contributed by atoms with van der Waals surface area (Å²) in [6.45, 7) is 4.68. The third-order valence-electron chi connectivity index (χ3n) is 3.98. The molecule has 0 bridgehead atoms. The SMILES string of the molecule is CC(C)C(NC(=O)Cc1ccccc1)C(=O)Nc1ccc(OCCN)cc1. The second kappa shape index (κ2) is 10.3. The molecule has 2 rings (SSSR count). The van der Waals surface area contributed by atoms with Gasteiger partial charge in [0.25, 0.3) is 0 Å². The van der Waals surface area contributed by atoms with Crippen molar-refractivity contribution >= 4 is 17.5 Å². The molecule has 0 aromatic heterocycles. The van der Waals surface area contributed by atoms with Crippen LogP contribution in [0.4, 0.5) is 5.69 Å². The Labute approximate surface area is 160 Å². The highest BCUT2D eigenvalue weighted by Crippen LogP contribution is 2.16. The van der Waals surface area contributed by atoms with Crippen molar-refractivity contribution in [2.75, 3.05) is 18.5 Å². The number of hydrogen-bond donors (Lipinski definition) is 3. The predicted molar refractivity (Wildman–Crippen MR) is 107 cm³/mol. The van der Waals surface area contributed by atoms with Gasteiger partial charge in [0.1, 0.15) is 18.4 Å². The molecule has 6 nitrogen and oxygen atoms in total. The maximum absolute atomic E-state index is 12.6. The largest absolute Gasteiger partial charge is 0.492 e. The van der Waals surface area contributed by atoms with E-state index in [2.05, 4.69) is 10.6 Å². The van der Waals surface area contributed by atoms with Crippen molar-refractivity contribution in [2.24, 2.45) is 11.7 Å². The summed E-state index contributed by atoms with van der Waals surface area (Å²) in [7, 11) is 0. The first kappa shape index (κ1) is 20.5. The van der Waals surface area contributed by atoms with E-state index in [4.69, 9.17) is 10.5 Å².